The SMILES string of the molecule is Cc1nc2ncc(Br)cc2n1C[C@@H]1CCN1CCCO. The van der Waals surface area contributed by atoms with Gasteiger partial charge in [-0.3, -0.25) is 4.90 Å². The molecule has 1 aliphatic rings. The van der Waals surface area contributed by atoms with Crippen molar-refractivity contribution in [3.8, 4) is 0 Å². The Kier molecular flexibility index (Phi) is 4.05. The van der Waals surface area contributed by atoms with Gasteiger partial charge in [-0.1, -0.05) is 0 Å². The third-order valence-electron chi connectivity index (χ3n) is 4.03. The summed E-state index contributed by atoms with van der Waals surface area (Å²) in [6.45, 7) is 5.37. The predicted octanol–water partition coefficient (Wildman–Crippen LogP) is 1.96. The van der Waals surface area contributed by atoms with Crippen LogP contribution in [0.5, 0.6) is 0 Å². The molecule has 0 bridgehead atoms. The fourth-order valence-electron chi connectivity index (χ4n) is 2.80. The lowest BCUT2D eigenvalue weighted by Gasteiger charge is -2.41. The number of halogens is 1. The van der Waals surface area contributed by atoms with Crippen LogP contribution in [0, 0.1) is 6.92 Å². The second kappa shape index (κ2) is 5.79. The minimum atomic E-state index is 0.271. The van der Waals surface area contributed by atoms with E-state index >= 15 is 0 Å². The van der Waals surface area contributed by atoms with Crippen molar-refractivity contribution in [1.29, 1.82) is 0 Å². The number of aryl methyl sites for hydroxylation is 1. The second-order valence-corrected chi connectivity index (χ2v) is 6.24. The smallest absolute Gasteiger partial charge is 0.177 e. The molecule has 0 saturated carbocycles. The van der Waals surface area contributed by atoms with E-state index in [4.69, 9.17) is 5.11 Å². The van der Waals surface area contributed by atoms with Gasteiger partial charge in [0.25, 0.3) is 0 Å². The molecule has 3 rings (SSSR count). The van der Waals surface area contributed by atoms with Crippen molar-refractivity contribution < 1.29 is 5.11 Å². The molecule has 0 spiro atoms. The van der Waals surface area contributed by atoms with Gasteiger partial charge in [0.05, 0.1) is 5.52 Å². The Morgan fingerprint density at radius 2 is 2.35 bits per heavy atom. The fourth-order valence-corrected chi connectivity index (χ4v) is 3.12. The Bertz CT molecular complexity index is 612. The molecule has 108 valence electrons. The molecule has 0 amide bonds. The standard InChI is InChI=1S/C14H19BrN4O/c1-10-17-14-13(7-11(15)8-16-14)19(10)9-12-3-5-18(12)4-2-6-20/h7-8,12,20H,2-6,9H2,1H3/t12-/m0/s1. The first-order valence-corrected chi connectivity index (χ1v) is 7.81. The number of hydrogen-bond donors (Lipinski definition) is 1. The van der Waals surface area contributed by atoms with E-state index in [1.54, 1.807) is 6.20 Å². The first kappa shape index (κ1) is 14.0. The van der Waals surface area contributed by atoms with Gasteiger partial charge in [-0.2, -0.15) is 0 Å². The highest BCUT2D eigenvalue weighted by molar-refractivity contribution is 9.10. The van der Waals surface area contributed by atoms with Crippen molar-refractivity contribution >= 4 is 27.1 Å². The molecule has 2 aromatic rings. The van der Waals surface area contributed by atoms with Gasteiger partial charge in [0.1, 0.15) is 5.82 Å². The van der Waals surface area contributed by atoms with E-state index in [1.165, 1.54) is 6.42 Å². The number of aromatic nitrogens is 3. The van der Waals surface area contributed by atoms with Crippen LogP contribution >= 0.6 is 15.9 Å². The first-order chi connectivity index (χ1) is 9.69. The Morgan fingerprint density at radius 1 is 1.50 bits per heavy atom. The quantitative estimate of drug-likeness (QED) is 0.905. The summed E-state index contributed by atoms with van der Waals surface area (Å²) >= 11 is 3.48. The lowest BCUT2D eigenvalue weighted by Crippen LogP contribution is -2.50. The zero-order chi connectivity index (χ0) is 14.1. The zero-order valence-corrected chi connectivity index (χ0v) is 13.2. The number of fused-ring (bicyclic) bond motifs is 1. The van der Waals surface area contributed by atoms with E-state index in [2.05, 4.69) is 41.4 Å². The summed E-state index contributed by atoms with van der Waals surface area (Å²) in [5.41, 5.74) is 1.90. The van der Waals surface area contributed by atoms with Crippen LogP contribution in [0.15, 0.2) is 16.7 Å². The summed E-state index contributed by atoms with van der Waals surface area (Å²) in [5.74, 6) is 1.01. The maximum atomic E-state index is 8.94. The van der Waals surface area contributed by atoms with E-state index in [9.17, 15) is 0 Å². The number of imidazole rings is 1. The highest BCUT2D eigenvalue weighted by Crippen LogP contribution is 2.24. The average Bonchev–Trinajstić information content (AvgIpc) is 2.70. The van der Waals surface area contributed by atoms with Crippen LogP contribution in [0.4, 0.5) is 0 Å². The monoisotopic (exact) mass is 338 g/mol. The van der Waals surface area contributed by atoms with Crippen molar-refractivity contribution in [3.05, 3.63) is 22.6 Å². The van der Waals surface area contributed by atoms with Crippen LogP contribution in [-0.2, 0) is 6.54 Å². The number of pyridine rings is 1. The maximum Gasteiger partial charge on any atom is 0.177 e. The molecular formula is C14H19BrN4O. The highest BCUT2D eigenvalue weighted by atomic mass is 79.9. The summed E-state index contributed by atoms with van der Waals surface area (Å²) in [4.78, 5) is 11.3. The molecule has 1 fully saturated rings. The van der Waals surface area contributed by atoms with Crippen LogP contribution in [0.3, 0.4) is 0 Å². The molecule has 0 radical (unpaired) electrons. The lowest BCUT2D eigenvalue weighted by molar-refractivity contribution is 0.0699. The predicted molar refractivity (Wildman–Crippen MR) is 81.6 cm³/mol. The summed E-state index contributed by atoms with van der Waals surface area (Å²) in [6.07, 6.45) is 3.86. The summed E-state index contributed by atoms with van der Waals surface area (Å²) in [7, 11) is 0. The Labute approximate surface area is 126 Å². The van der Waals surface area contributed by atoms with Crippen LogP contribution in [0.2, 0.25) is 0 Å². The molecule has 1 N–H and O–H groups in total. The Hall–Kier alpha value is -0.980. The van der Waals surface area contributed by atoms with Gasteiger partial charge in [0, 0.05) is 43.0 Å². The van der Waals surface area contributed by atoms with E-state index in [0.29, 0.717) is 6.04 Å². The molecular weight excluding hydrogens is 320 g/mol. The minimum absolute atomic E-state index is 0.271. The third-order valence-corrected chi connectivity index (χ3v) is 4.46. The van der Waals surface area contributed by atoms with E-state index < -0.39 is 0 Å². The van der Waals surface area contributed by atoms with Gasteiger partial charge in [0.15, 0.2) is 5.65 Å². The van der Waals surface area contributed by atoms with Gasteiger partial charge >= 0.3 is 0 Å². The molecule has 0 aliphatic carbocycles. The lowest BCUT2D eigenvalue weighted by atomic mass is 10.0. The molecule has 2 aromatic heterocycles. The fraction of sp³-hybridized carbons (Fsp3) is 0.571. The number of aliphatic hydroxyl groups excluding tert-OH is 1. The van der Waals surface area contributed by atoms with Gasteiger partial charge in [-0.25, -0.2) is 9.97 Å². The van der Waals surface area contributed by atoms with E-state index in [1.807, 2.05) is 6.92 Å². The molecule has 5 nitrogen and oxygen atoms in total. The second-order valence-electron chi connectivity index (χ2n) is 5.32. The molecule has 6 heteroatoms. The molecule has 0 unspecified atom stereocenters. The van der Waals surface area contributed by atoms with Crippen molar-refractivity contribution in [2.75, 3.05) is 19.7 Å². The van der Waals surface area contributed by atoms with Gasteiger partial charge in [-0.15, -0.1) is 0 Å². The summed E-state index contributed by atoms with van der Waals surface area (Å²) in [5, 5.41) is 8.94. The summed E-state index contributed by atoms with van der Waals surface area (Å²) < 4.78 is 3.24. The van der Waals surface area contributed by atoms with Crippen molar-refractivity contribution in [2.24, 2.45) is 0 Å². The number of aliphatic hydroxyl groups is 1. The highest BCUT2D eigenvalue weighted by Gasteiger charge is 2.28. The van der Waals surface area contributed by atoms with E-state index in [0.717, 1.165) is 47.5 Å². The molecule has 20 heavy (non-hydrogen) atoms. The Morgan fingerprint density at radius 3 is 3.05 bits per heavy atom. The first-order valence-electron chi connectivity index (χ1n) is 7.02. The number of hydrogen-bond acceptors (Lipinski definition) is 4. The van der Waals surface area contributed by atoms with Crippen molar-refractivity contribution in [3.63, 3.8) is 0 Å². The van der Waals surface area contributed by atoms with Crippen molar-refractivity contribution in [1.82, 2.24) is 19.4 Å². The molecule has 0 aromatic carbocycles. The van der Waals surface area contributed by atoms with Crippen molar-refractivity contribution in [2.45, 2.75) is 32.4 Å². The van der Waals surface area contributed by atoms with Crippen LogP contribution in [-0.4, -0.2) is 50.3 Å². The van der Waals surface area contributed by atoms with Crippen LogP contribution in [0.25, 0.3) is 11.2 Å². The maximum absolute atomic E-state index is 8.94. The van der Waals surface area contributed by atoms with Gasteiger partial charge in [0.2, 0.25) is 0 Å². The van der Waals surface area contributed by atoms with Crippen LogP contribution < -0.4 is 0 Å². The topological polar surface area (TPSA) is 54.2 Å². The number of nitrogens with zero attached hydrogens (tertiary/aromatic N) is 4. The molecule has 3 heterocycles. The summed E-state index contributed by atoms with van der Waals surface area (Å²) in [6, 6.07) is 2.63. The normalized spacial score (nSPS) is 19.4. The largest absolute Gasteiger partial charge is 0.396 e. The van der Waals surface area contributed by atoms with Crippen LogP contribution in [0.1, 0.15) is 18.7 Å². The third kappa shape index (κ3) is 2.60. The van der Waals surface area contributed by atoms with Gasteiger partial charge in [-0.05, 0) is 41.8 Å². The van der Waals surface area contributed by atoms with E-state index in [-0.39, 0.29) is 6.61 Å². The average molecular weight is 339 g/mol. The molecule has 1 aliphatic heterocycles. The number of likely N-dealkylation sites (tertiary alicyclic amines) is 1. The minimum Gasteiger partial charge on any atom is -0.396 e. The number of rotatable bonds is 5. The Balaban J connectivity index is 1.80. The zero-order valence-electron chi connectivity index (χ0n) is 11.6. The molecule has 1 atom stereocenters. The van der Waals surface area contributed by atoms with Gasteiger partial charge < -0.3 is 9.67 Å². The molecule has 1 saturated heterocycles.